The molecule has 5 nitrogen and oxygen atoms in total. The summed E-state index contributed by atoms with van der Waals surface area (Å²) in [5, 5.41) is 11.3. The molecule has 2 rings (SSSR count). The molecule has 1 heterocycles. The van der Waals surface area contributed by atoms with Crippen LogP contribution in [0.25, 0.3) is 11.4 Å². The molecule has 0 aliphatic heterocycles. The number of benzene rings is 1. The zero-order valence-electron chi connectivity index (χ0n) is 9.96. The smallest absolute Gasteiger partial charge is 0.409 e. The molecule has 3 N–H and O–H groups in total. The highest BCUT2D eigenvalue weighted by atomic mass is 19.4. The molecule has 0 radical (unpaired) electrons. The molecular weight excluding hydrogens is 273 g/mol. The number of rotatable bonds is 2. The van der Waals surface area contributed by atoms with Crippen LogP contribution in [0, 0.1) is 0 Å². The number of halogens is 3. The summed E-state index contributed by atoms with van der Waals surface area (Å²) in [4.78, 5) is 7.93. The molecule has 0 unspecified atom stereocenters. The zero-order chi connectivity index (χ0) is 14.8. The van der Waals surface area contributed by atoms with E-state index in [1.807, 2.05) is 0 Å². The molecule has 0 saturated heterocycles. The first-order valence-electron chi connectivity index (χ1n) is 5.40. The second-order valence-electron chi connectivity index (χ2n) is 3.83. The van der Waals surface area contributed by atoms with Crippen LogP contribution in [0.2, 0.25) is 0 Å². The average molecular weight is 282 g/mol. The monoisotopic (exact) mass is 282 g/mol. The van der Waals surface area contributed by atoms with Crippen molar-refractivity contribution in [3.05, 3.63) is 47.8 Å². The normalized spacial score (nSPS) is 12.4. The van der Waals surface area contributed by atoms with Crippen LogP contribution in [0.5, 0.6) is 0 Å². The lowest BCUT2D eigenvalue weighted by Gasteiger charge is -2.07. The maximum atomic E-state index is 12.4. The van der Waals surface area contributed by atoms with Crippen molar-refractivity contribution >= 4 is 5.84 Å². The molecule has 0 fully saturated rings. The van der Waals surface area contributed by atoms with Gasteiger partial charge in [-0.1, -0.05) is 17.3 Å². The lowest BCUT2D eigenvalue weighted by molar-refractivity contribution is -0.137. The fourth-order valence-corrected chi connectivity index (χ4v) is 1.50. The summed E-state index contributed by atoms with van der Waals surface area (Å²) in [5.74, 6) is -0.0246. The van der Waals surface area contributed by atoms with E-state index in [9.17, 15) is 13.2 Å². The van der Waals surface area contributed by atoms with Crippen molar-refractivity contribution in [2.45, 2.75) is 6.18 Å². The van der Waals surface area contributed by atoms with E-state index >= 15 is 0 Å². The van der Waals surface area contributed by atoms with Gasteiger partial charge in [-0.25, -0.2) is 9.97 Å². The van der Waals surface area contributed by atoms with Gasteiger partial charge in [0.05, 0.1) is 5.56 Å². The van der Waals surface area contributed by atoms with Gasteiger partial charge < -0.3 is 10.9 Å². The van der Waals surface area contributed by atoms with Crippen molar-refractivity contribution < 1.29 is 18.4 Å². The van der Waals surface area contributed by atoms with Crippen LogP contribution in [0.3, 0.4) is 0 Å². The van der Waals surface area contributed by atoms with Gasteiger partial charge in [-0.05, 0) is 18.2 Å². The van der Waals surface area contributed by atoms with E-state index in [0.29, 0.717) is 5.56 Å². The number of oxime groups is 1. The molecule has 0 bridgehead atoms. The Balaban J connectivity index is 2.37. The Hall–Kier alpha value is -2.64. The van der Waals surface area contributed by atoms with Crippen LogP contribution < -0.4 is 5.73 Å². The summed E-state index contributed by atoms with van der Waals surface area (Å²) in [5.41, 5.74) is 5.20. The number of aromatic nitrogens is 2. The Morgan fingerprint density at radius 1 is 1.15 bits per heavy atom. The maximum Gasteiger partial charge on any atom is 0.416 e. The van der Waals surface area contributed by atoms with Gasteiger partial charge in [0.2, 0.25) is 0 Å². The van der Waals surface area contributed by atoms with Gasteiger partial charge in [-0.2, -0.15) is 13.2 Å². The van der Waals surface area contributed by atoms with Crippen molar-refractivity contribution in [1.29, 1.82) is 0 Å². The number of hydrogen-bond donors (Lipinski definition) is 2. The molecule has 0 aliphatic rings. The first-order chi connectivity index (χ1) is 9.41. The molecular formula is C12H9F3N4O. The van der Waals surface area contributed by atoms with E-state index < -0.39 is 11.7 Å². The van der Waals surface area contributed by atoms with Crippen molar-refractivity contribution in [2.24, 2.45) is 10.9 Å². The van der Waals surface area contributed by atoms with Crippen molar-refractivity contribution in [2.75, 3.05) is 0 Å². The summed E-state index contributed by atoms with van der Waals surface area (Å²) in [6.07, 6.45) is -3.03. The van der Waals surface area contributed by atoms with Gasteiger partial charge in [0.1, 0.15) is 5.69 Å². The lowest BCUT2D eigenvalue weighted by atomic mass is 10.1. The largest absolute Gasteiger partial charge is 0.416 e. The second kappa shape index (κ2) is 5.16. The van der Waals surface area contributed by atoms with Crippen LogP contribution >= 0.6 is 0 Å². The molecule has 1 aromatic heterocycles. The van der Waals surface area contributed by atoms with Crippen LogP contribution in [0.4, 0.5) is 13.2 Å². The number of amidine groups is 1. The van der Waals surface area contributed by atoms with E-state index in [-0.39, 0.29) is 17.4 Å². The average Bonchev–Trinajstić information content (AvgIpc) is 2.46. The van der Waals surface area contributed by atoms with Crippen LogP contribution in [-0.2, 0) is 6.18 Å². The van der Waals surface area contributed by atoms with Crippen LogP contribution in [-0.4, -0.2) is 21.0 Å². The Morgan fingerprint density at radius 2 is 1.80 bits per heavy atom. The quantitative estimate of drug-likeness (QED) is 0.383. The fraction of sp³-hybridized carbons (Fsp3) is 0.0833. The van der Waals surface area contributed by atoms with E-state index in [2.05, 4.69) is 15.1 Å². The molecule has 0 amide bonds. The number of hydrogen-bond acceptors (Lipinski definition) is 4. The summed E-state index contributed by atoms with van der Waals surface area (Å²) >= 11 is 0. The highest BCUT2D eigenvalue weighted by molar-refractivity contribution is 5.95. The van der Waals surface area contributed by atoms with Crippen LogP contribution in [0.15, 0.2) is 41.7 Å². The van der Waals surface area contributed by atoms with E-state index in [1.54, 1.807) is 0 Å². The van der Waals surface area contributed by atoms with E-state index in [1.165, 1.54) is 24.4 Å². The van der Waals surface area contributed by atoms with Gasteiger partial charge in [0, 0.05) is 11.8 Å². The summed E-state index contributed by atoms with van der Waals surface area (Å²) in [7, 11) is 0. The molecule has 2 aromatic rings. The third-order valence-corrected chi connectivity index (χ3v) is 2.50. The SMILES string of the molecule is N/C(=N\O)c1ccnc(-c2ccc(C(F)(F)F)cc2)n1. The van der Waals surface area contributed by atoms with Gasteiger partial charge in [0.25, 0.3) is 0 Å². The fourth-order valence-electron chi connectivity index (χ4n) is 1.50. The molecule has 8 heteroatoms. The van der Waals surface area contributed by atoms with Gasteiger partial charge >= 0.3 is 6.18 Å². The van der Waals surface area contributed by atoms with Gasteiger partial charge in [-0.15, -0.1) is 0 Å². The Labute approximate surface area is 111 Å². The summed E-state index contributed by atoms with van der Waals surface area (Å²) in [6, 6.07) is 5.81. The molecule has 1 aromatic carbocycles. The maximum absolute atomic E-state index is 12.4. The van der Waals surface area contributed by atoms with Crippen molar-refractivity contribution in [3.63, 3.8) is 0 Å². The minimum absolute atomic E-state index is 0.178. The number of nitrogens with zero attached hydrogens (tertiary/aromatic N) is 3. The number of nitrogens with two attached hydrogens (primary N) is 1. The van der Waals surface area contributed by atoms with Gasteiger partial charge in [0.15, 0.2) is 11.7 Å². The lowest BCUT2D eigenvalue weighted by Crippen LogP contribution is -2.15. The standard InChI is InChI=1S/C12H9F3N4O/c13-12(14,15)8-3-1-7(2-4-8)11-17-6-5-9(18-11)10(16)19-20/h1-6,20H,(H2,16,19). The predicted molar refractivity (Wildman–Crippen MR) is 65.0 cm³/mol. The molecule has 0 atom stereocenters. The number of alkyl halides is 3. The summed E-state index contributed by atoms with van der Waals surface area (Å²) < 4.78 is 37.3. The van der Waals surface area contributed by atoms with E-state index in [0.717, 1.165) is 12.1 Å². The van der Waals surface area contributed by atoms with Crippen LogP contribution in [0.1, 0.15) is 11.3 Å². The molecule has 0 aliphatic carbocycles. The topological polar surface area (TPSA) is 84.4 Å². The minimum atomic E-state index is -4.39. The zero-order valence-corrected chi connectivity index (χ0v) is 9.96. The third-order valence-electron chi connectivity index (χ3n) is 2.50. The summed E-state index contributed by atoms with van der Waals surface area (Å²) in [6.45, 7) is 0. The minimum Gasteiger partial charge on any atom is -0.409 e. The van der Waals surface area contributed by atoms with E-state index in [4.69, 9.17) is 10.9 Å². The highest BCUT2D eigenvalue weighted by Crippen LogP contribution is 2.30. The van der Waals surface area contributed by atoms with Gasteiger partial charge in [-0.3, -0.25) is 0 Å². The molecule has 20 heavy (non-hydrogen) atoms. The van der Waals surface area contributed by atoms with Crippen molar-refractivity contribution in [1.82, 2.24) is 9.97 Å². The first-order valence-corrected chi connectivity index (χ1v) is 5.40. The highest BCUT2D eigenvalue weighted by Gasteiger charge is 2.30. The molecule has 104 valence electrons. The first kappa shape index (κ1) is 13.8. The molecule has 0 saturated carbocycles. The Bertz CT molecular complexity index is 638. The second-order valence-corrected chi connectivity index (χ2v) is 3.83. The predicted octanol–water partition coefficient (Wildman–Crippen LogP) is 2.26. The van der Waals surface area contributed by atoms with Crippen molar-refractivity contribution in [3.8, 4) is 11.4 Å². The Kier molecular flexibility index (Phi) is 3.55. The molecule has 0 spiro atoms. The third kappa shape index (κ3) is 2.85. The Morgan fingerprint density at radius 3 is 2.35 bits per heavy atom.